The van der Waals surface area contributed by atoms with Crippen molar-refractivity contribution < 1.29 is 13.6 Å². The highest BCUT2D eigenvalue weighted by Crippen LogP contribution is 2.29. The molecule has 0 N–H and O–H groups in total. The predicted octanol–water partition coefficient (Wildman–Crippen LogP) is 2.92. The molecule has 0 spiro atoms. The van der Waals surface area contributed by atoms with Crippen LogP contribution in [0.1, 0.15) is 28.2 Å². The highest BCUT2D eigenvalue weighted by atomic mass is 35.5. The molecule has 0 aliphatic rings. The maximum absolute atomic E-state index is 12.4. The van der Waals surface area contributed by atoms with Gasteiger partial charge in [-0.1, -0.05) is 11.6 Å². The number of rotatable bonds is 2. The van der Waals surface area contributed by atoms with Crippen molar-refractivity contribution in [3.05, 3.63) is 28.0 Å². The molecule has 7 heteroatoms. The fourth-order valence-corrected chi connectivity index (χ4v) is 1.36. The maximum Gasteiger partial charge on any atom is 0.281 e. The summed E-state index contributed by atoms with van der Waals surface area (Å²) in [5.41, 5.74) is -1.50. The Balaban J connectivity index is 3.49. The topological polar surface area (TPSA) is 53.8 Å². The molecular formula is C8H2Cl2F2N2O. The third-order valence-electron chi connectivity index (χ3n) is 1.52. The number of carbonyl (C=O) groups is 1. The van der Waals surface area contributed by atoms with E-state index in [1.165, 1.54) is 6.07 Å². The van der Waals surface area contributed by atoms with E-state index in [9.17, 15) is 13.6 Å². The lowest BCUT2D eigenvalue weighted by Gasteiger charge is -2.05. The van der Waals surface area contributed by atoms with Crippen LogP contribution in [0.5, 0.6) is 0 Å². The molecule has 1 aromatic heterocycles. The lowest BCUT2D eigenvalue weighted by Crippen LogP contribution is -2.01. The molecule has 0 aliphatic heterocycles. The van der Waals surface area contributed by atoms with Gasteiger partial charge in [-0.3, -0.25) is 4.79 Å². The molecule has 15 heavy (non-hydrogen) atoms. The van der Waals surface area contributed by atoms with Crippen molar-refractivity contribution in [1.29, 1.82) is 5.26 Å². The second-order valence-electron chi connectivity index (χ2n) is 2.44. The molecule has 0 atom stereocenters. The van der Waals surface area contributed by atoms with Gasteiger partial charge < -0.3 is 0 Å². The van der Waals surface area contributed by atoms with E-state index in [1.807, 2.05) is 0 Å². The van der Waals surface area contributed by atoms with Crippen molar-refractivity contribution in [3.8, 4) is 6.07 Å². The Hall–Kier alpha value is -1.25. The lowest BCUT2D eigenvalue weighted by atomic mass is 10.2. The number of pyridine rings is 1. The molecule has 1 rings (SSSR count). The smallest absolute Gasteiger partial charge is 0.276 e. The third kappa shape index (κ3) is 2.41. The highest BCUT2D eigenvalue weighted by molar-refractivity contribution is 6.68. The summed E-state index contributed by atoms with van der Waals surface area (Å²) in [7, 11) is 0. The summed E-state index contributed by atoms with van der Waals surface area (Å²) in [4.78, 5) is 14.1. The van der Waals surface area contributed by atoms with Crippen molar-refractivity contribution in [1.82, 2.24) is 4.98 Å². The molecule has 0 bridgehead atoms. The van der Waals surface area contributed by atoms with Gasteiger partial charge in [-0.15, -0.1) is 0 Å². The van der Waals surface area contributed by atoms with Gasteiger partial charge in [-0.2, -0.15) is 5.26 Å². The molecule has 0 amide bonds. The normalized spacial score (nSPS) is 10.1. The number of halogens is 4. The lowest BCUT2D eigenvalue weighted by molar-refractivity contribution is 0.108. The van der Waals surface area contributed by atoms with E-state index in [0.29, 0.717) is 0 Å². The molecule has 0 aliphatic carbocycles. The third-order valence-corrected chi connectivity index (χ3v) is 2.12. The van der Waals surface area contributed by atoms with Crippen LogP contribution in [0.4, 0.5) is 8.78 Å². The molecular weight excluding hydrogens is 249 g/mol. The van der Waals surface area contributed by atoms with Crippen LogP contribution >= 0.6 is 23.2 Å². The standard InChI is InChI=1S/C8H2Cl2F2N2O/c9-5-4(7(10)15)1-3(2-13)14-6(5)8(11)12/h1,8H. The minimum atomic E-state index is -2.97. The average molecular weight is 251 g/mol. The zero-order valence-corrected chi connectivity index (χ0v) is 8.48. The van der Waals surface area contributed by atoms with Crippen molar-refractivity contribution in [2.24, 2.45) is 0 Å². The van der Waals surface area contributed by atoms with Crippen LogP contribution in [0.2, 0.25) is 5.02 Å². The van der Waals surface area contributed by atoms with Crippen LogP contribution in [-0.2, 0) is 0 Å². The summed E-state index contributed by atoms with van der Waals surface area (Å²) in [6.07, 6.45) is -2.97. The van der Waals surface area contributed by atoms with Crippen molar-refractivity contribution in [2.45, 2.75) is 6.43 Å². The van der Waals surface area contributed by atoms with Gasteiger partial charge in [0.05, 0.1) is 10.6 Å². The van der Waals surface area contributed by atoms with E-state index in [1.54, 1.807) is 0 Å². The number of hydrogen-bond donors (Lipinski definition) is 0. The zero-order chi connectivity index (χ0) is 11.6. The Bertz CT molecular complexity index is 457. The van der Waals surface area contributed by atoms with E-state index >= 15 is 0 Å². The summed E-state index contributed by atoms with van der Waals surface area (Å²) in [5.74, 6) is 0. The first-order chi connectivity index (χ1) is 6.97. The summed E-state index contributed by atoms with van der Waals surface area (Å²) < 4.78 is 24.8. The molecule has 0 radical (unpaired) electrons. The second-order valence-corrected chi connectivity index (χ2v) is 3.16. The number of alkyl halides is 2. The van der Waals surface area contributed by atoms with Gasteiger partial charge in [-0.05, 0) is 17.7 Å². The van der Waals surface area contributed by atoms with E-state index in [2.05, 4.69) is 4.98 Å². The fraction of sp³-hybridized carbons (Fsp3) is 0.125. The molecule has 3 nitrogen and oxygen atoms in total. The number of nitriles is 1. The Morgan fingerprint density at radius 3 is 2.60 bits per heavy atom. The Morgan fingerprint density at radius 1 is 1.60 bits per heavy atom. The molecule has 0 saturated carbocycles. The summed E-state index contributed by atoms with van der Waals surface area (Å²) >= 11 is 10.6. The molecule has 0 fully saturated rings. The van der Waals surface area contributed by atoms with Crippen LogP contribution in [0.25, 0.3) is 0 Å². The molecule has 1 aromatic rings. The molecule has 0 unspecified atom stereocenters. The first-order valence-corrected chi connectivity index (χ1v) is 4.31. The number of nitrogens with zero attached hydrogens (tertiary/aromatic N) is 2. The summed E-state index contributed by atoms with van der Waals surface area (Å²) in [6.45, 7) is 0. The maximum atomic E-state index is 12.4. The SMILES string of the molecule is N#Cc1cc(C(=O)Cl)c(Cl)c(C(F)F)n1. The van der Waals surface area contributed by atoms with Crippen molar-refractivity contribution in [3.63, 3.8) is 0 Å². The van der Waals surface area contributed by atoms with E-state index in [0.717, 1.165) is 6.07 Å². The molecule has 78 valence electrons. The van der Waals surface area contributed by atoms with Gasteiger partial charge in [0.25, 0.3) is 11.7 Å². The van der Waals surface area contributed by atoms with Gasteiger partial charge in [0.1, 0.15) is 17.5 Å². The van der Waals surface area contributed by atoms with Crippen molar-refractivity contribution in [2.75, 3.05) is 0 Å². The first-order valence-electron chi connectivity index (χ1n) is 3.56. The second kappa shape index (κ2) is 4.51. The minimum absolute atomic E-state index is 0.335. The summed E-state index contributed by atoms with van der Waals surface area (Å²) in [5, 5.41) is 6.95. The van der Waals surface area contributed by atoms with E-state index in [4.69, 9.17) is 28.5 Å². The average Bonchev–Trinajstić information content (AvgIpc) is 2.17. The van der Waals surface area contributed by atoms with Gasteiger partial charge in [0, 0.05) is 0 Å². The number of carbonyl (C=O) groups excluding carboxylic acids is 1. The van der Waals surface area contributed by atoms with Crippen LogP contribution in [0, 0.1) is 11.3 Å². The molecule has 1 heterocycles. The Labute approximate surface area is 93.2 Å². The highest BCUT2D eigenvalue weighted by Gasteiger charge is 2.21. The van der Waals surface area contributed by atoms with Crippen molar-refractivity contribution >= 4 is 28.4 Å². The predicted molar refractivity (Wildman–Crippen MR) is 49.1 cm³/mol. The van der Waals surface area contributed by atoms with Gasteiger partial charge in [0.2, 0.25) is 0 Å². The monoisotopic (exact) mass is 250 g/mol. The van der Waals surface area contributed by atoms with E-state index < -0.39 is 22.4 Å². The largest absolute Gasteiger partial charge is 0.281 e. The van der Waals surface area contributed by atoms with Crippen LogP contribution < -0.4 is 0 Å². The van der Waals surface area contributed by atoms with Gasteiger partial charge in [-0.25, -0.2) is 13.8 Å². The van der Waals surface area contributed by atoms with Gasteiger partial charge >= 0.3 is 0 Å². The number of hydrogen-bond acceptors (Lipinski definition) is 3. The minimum Gasteiger partial charge on any atom is -0.276 e. The summed E-state index contributed by atoms with van der Waals surface area (Å²) in [6, 6.07) is 2.49. The Kier molecular flexibility index (Phi) is 3.56. The van der Waals surface area contributed by atoms with Gasteiger partial charge in [0.15, 0.2) is 0 Å². The van der Waals surface area contributed by atoms with E-state index in [-0.39, 0.29) is 11.3 Å². The molecule has 0 saturated heterocycles. The Morgan fingerprint density at radius 2 is 2.20 bits per heavy atom. The quantitative estimate of drug-likeness (QED) is 0.759. The molecule has 0 aromatic carbocycles. The fourth-order valence-electron chi connectivity index (χ4n) is 0.894. The zero-order valence-electron chi connectivity index (χ0n) is 6.97. The van der Waals surface area contributed by atoms with Crippen LogP contribution in [0.3, 0.4) is 0 Å². The number of aromatic nitrogens is 1. The van der Waals surface area contributed by atoms with Crippen LogP contribution in [-0.4, -0.2) is 10.2 Å². The van der Waals surface area contributed by atoms with Crippen LogP contribution in [0.15, 0.2) is 6.07 Å². The first kappa shape index (κ1) is 11.8.